The Balaban J connectivity index is 1.84. The summed E-state index contributed by atoms with van der Waals surface area (Å²) in [6.45, 7) is 1.80. The van der Waals surface area contributed by atoms with E-state index in [4.69, 9.17) is 0 Å². The van der Waals surface area contributed by atoms with Crippen LogP contribution in [0.4, 0.5) is 20.2 Å². The smallest absolute Gasteiger partial charge is 0.238 e. The average Bonchev–Trinajstić information content (AvgIpc) is 2.53. The van der Waals surface area contributed by atoms with Gasteiger partial charge in [0.1, 0.15) is 0 Å². The molecular formula is C18H18BrF2N3O2. The molecule has 0 aliphatic heterocycles. The van der Waals surface area contributed by atoms with Crippen molar-refractivity contribution in [1.29, 1.82) is 0 Å². The number of carbonyl (C=O) groups excluding carboxylic acids is 2. The van der Waals surface area contributed by atoms with Gasteiger partial charge in [-0.25, -0.2) is 8.78 Å². The molecule has 0 aliphatic rings. The molecule has 0 radical (unpaired) electrons. The summed E-state index contributed by atoms with van der Waals surface area (Å²) >= 11 is 3.36. The highest BCUT2D eigenvalue weighted by Gasteiger charge is 2.13. The second kappa shape index (κ2) is 8.86. The molecule has 0 saturated heterocycles. The third kappa shape index (κ3) is 5.89. The van der Waals surface area contributed by atoms with Crippen molar-refractivity contribution < 1.29 is 18.4 Å². The minimum absolute atomic E-state index is 0.000697. The summed E-state index contributed by atoms with van der Waals surface area (Å²) in [4.78, 5) is 25.6. The molecule has 0 aromatic heterocycles. The molecule has 0 saturated carbocycles. The standard InChI is InChI=1S/C18H18BrF2N3O2/c1-11-7-12(19)3-6-16(11)23-18(26)10-24(2)9-17(25)22-13-4-5-14(20)15(21)8-13/h3-8H,9-10H2,1-2H3,(H,22,25)(H,23,26). The molecule has 0 aliphatic carbocycles. The molecule has 8 heteroatoms. The molecule has 0 unspecified atom stereocenters. The van der Waals surface area contributed by atoms with Gasteiger partial charge in [-0.05, 0) is 49.9 Å². The van der Waals surface area contributed by atoms with Gasteiger partial charge in [-0.15, -0.1) is 0 Å². The first-order valence-corrected chi connectivity index (χ1v) is 8.53. The zero-order valence-electron chi connectivity index (χ0n) is 14.3. The van der Waals surface area contributed by atoms with Crippen molar-refractivity contribution in [1.82, 2.24) is 4.90 Å². The Morgan fingerprint density at radius 1 is 1.00 bits per heavy atom. The normalized spacial score (nSPS) is 10.7. The number of benzene rings is 2. The number of halogens is 3. The van der Waals surface area contributed by atoms with Crippen LogP contribution >= 0.6 is 15.9 Å². The van der Waals surface area contributed by atoms with Gasteiger partial charge < -0.3 is 10.6 Å². The first-order chi connectivity index (χ1) is 12.2. The van der Waals surface area contributed by atoms with Crippen LogP contribution in [0.3, 0.4) is 0 Å². The van der Waals surface area contributed by atoms with Crippen LogP contribution in [0.5, 0.6) is 0 Å². The van der Waals surface area contributed by atoms with E-state index < -0.39 is 17.5 Å². The summed E-state index contributed by atoms with van der Waals surface area (Å²) in [6, 6.07) is 8.58. The Labute approximate surface area is 158 Å². The fraction of sp³-hybridized carbons (Fsp3) is 0.222. The van der Waals surface area contributed by atoms with Gasteiger partial charge in [-0.1, -0.05) is 15.9 Å². The van der Waals surface area contributed by atoms with Gasteiger partial charge in [0.2, 0.25) is 11.8 Å². The van der Waals surface area contributed by atoms with Crippen molar-refractivity contribution in [2.75, 3.05) is 30.8 Å². The van der Waals surface area contributed by atoms with Crippen LogP contribution in [0, 0.1) is 18.6 Å². The quantitative estimate of drug-likeness (QED) is 0.743. The van der Waals surface area contributed by atoms with E-state index in [2.05, 4.69) is 26.6 Å². The minimum atomic E-state index is -1.04. The highest BCUT2D eigenvalue weighted by molar-refractivity contribution is 9.10. The Morgan fingerprint density at radius 3 is 2.27 bits per heavy atom. The van der Waals surface area contributed by atoms with Crippen LogP contribution in [0.1, 0.15) is 5.56 Å². The Bertz CT molecular complexity index is 830. The van der Waals surface area contributed by atoms with E-state index >= 15 is 0 Å². The summed E-state index contributed by atoms with van der Waals surface area (Å²) in [6.07, 6.45) is 0. The summed E-state index contributed by atoms with van der Waals surface area (Å²) in [5, 5.41) is 5.24. The first-order valence-electron chi connectivity index (χ1n) is 7.74. The van der Waals surface area contributed by atoms with Crippen LogP contribution in [-0.2, 0) is 9.59 Å². The van der Waals surface area contributed by atoms with E-state index in [1.165, 1.54) is 11.0 Å². The van der Waals surface area contributed by atoms with Gasteiger partial charge in [-0.3, -0.25) is 14.5 Å². The van der Waals surface area contributed by atoms with Gasteiger partial charge in [0.25, 0.3) is 0 Å². The lowest BCUT2D eigenvalue weighted by Gasteiger charge is -2.16. The molecule has 2 aromatic rings. The average molecular weight is 426 g/mol. The molecule has 5 nitrogen and oxygen atoms in total. The predicted octanol–water partition coefficient (Wildman–Crippen LogP) is 3.54. The van der Waals surface area contributed by atoms with Crippen molar-refractivity contribution in [3.05, 3.63) is 58.1 Å². The molecule has 2 N–H and O–H groups in total. The van der Waals surface area contributed by atoms with E-state index in [0.717, 1.165) is 22.2 Å². The van der Waals surface area contributed by atoms with Crippen molar-refractivity contribution in [3.8, 4) is 0 Å². The molecule has 0 bridgehead atoms. The monoisotopic (exact) mass is 425 g/mol. The number of carbonyl (C=O) groups is 2. The molecular weight excluding hydrogens is 408 g/mol. The third-order valence-corrected chi connectivity index (χ3v) is 3.99. The number of amides is 2. The molecule has 2 amide bonds. The molecule has 0 atom stereocenters. The van der Waals surface area contributed by atoms with Gasteiger partial charge in [0, 0.05) is 21.9 Å². The number of anilines is 2. The largest absolute Gasteiger partial charge is 0.325 e. The fourth-order valence-corrected chi connectivity index (χ4v) is 2.75. The number of rotatable bonds is 6. The number of hydrogen-bond acceptors (Lipinski definition) is 3. The van der Waals surface area contributed by atoms with E-state index in [-0.39, 0.29) is 24.7 Å². The van der Waals surface area contributed by atoms with Crippen LogP contribution in [-0.4, -0.2) is 36.9 Å². The highest BCUT2D eigenvalue weighted by Crippen LogP contribution is 2.20. The maximum atomic E-state index is 13.1. The maximum Gasteiger partial charge on any atom is 0.238 e. The second-order valence-electron chi connectivity index (χ2n) is 5.86. The second-order valence-corrected chi connectivity index (χ2v) is 6.77. The van der Waals surface area contributed by atoms with Gasteiger partial charge in [0.05, 0.1) is 13.1 Å². The van der Waals surface area contributed by atoms with Gasteiger partial charge in [0.15, 0.2) is 11.6 Å². The van der Waals surface area contributed by atoms with Gasteiger partial charge >= 0.3 is 0 Å². The Hall–Kier alpha value is -2.32. The molecule has 0 spiro atoms. The van der Waals surface area contributed by atoms with Crippen LogP contribution in [0.15, 0.2) is 40.9 Å². The molecule has 0 fully saturated rings. The lowest BCUT2D eigenvalue weighted by molar-refractivity contribution is -0.119. The molecule has 2 aromatic carbocycles. The lowest BCUT2D eigenvalue weighted by atomic mass is 10.2. The molecule has 138 valence electrons. The highest BCUT2D eigenvalue weighted by atomic mass is 79.9. The number of likely N-dealkylation sites (N-methyl/N-ethyl adjacent to an activating group) is 1. The summed E-state index contributed by atoms with van der Waals surface area (Å²) < 4.78 is 26.9. The molecule has 0 heterocycles. The predicted molar refractivity (Wildman–Crippen MR) is 100.0 cm³/mol. The number of aryl methyl sites for hydroxylation is 1. The minimum Gasteiger partial charge on any atom is -0.325 e. The number of nitrogens with one attached hydrogen (secondary N) is 2. The molecule has 26 heavy (non-hydrogen) atoms. The van der Waals surface area contributed by atoms with Crippen LogP contribution < -0.4 is 10.6 Å². The van der Waals surface area contributed by atoms with Crippen LogP contribution in [0.2, 0.25) is 0 Å². The zero-order chi connectivity index (χ0) is 19.3. The Kier molecular flexibility index (Phi) is 6.82. The van der Waals surface area contributed by atoms with E-state index in [1.54, 1.807) is 13.1 Å². The topological polar surface area (TPSA) is 61.4 Å². The van der Waals surface area contributed by atoms with Crippen molar-refractivity contribution >= 4 is 39.1 Å². The van der Waals surface area contributed by atoms with E-state index in [1.807, 2.05) is 19.1 Å². The third-order valence-electron chi connectivity index (χ3n) is 3.49. The summed E-state index contributed by atoms with van der Waals surface area (Å²) in [7, 11) is 1.61. The van der Waals surface area contributed by atoms with E-state index in [9.17, 15) is 18.4 Å². The van der Waals surface area contributed by atoms with Crippen molar-refractivity contribution in [3.63, 3.8) is 0 Å². The fourth-order valence-electron chi connectivity index (χ4n) is 2.28. The number of hydrogen-bond donors (Lipinski definition) is 2. The molecule has 2 rings (SSSR count). The Morgan fingerprint density at radius 2 is 1.65 bits per heavy atom. The first kappa shape index (κ1) is 20.0. The van der Waals surface area contributed by atoms with Crippen molar-refractivity contribution in [2.24, 2.45) is 0 Å². The summed E-state index contributed by atoms with van der Waals surface area (Å²) in [5.41, 5.74) is 1.75. The SMILES string of the molecule is Cc1cc(Br)ccc1NC(=O)CN(C)CC(=O)Nc1ccc(F)c(F)c1. The summed E-state index contributed by atoms with van der Waals surface area (Å²) in [5.74, 6) is -2.73. The van der Waals surface area contributed by atoms with Crippen LogP contribution in [0.25, 0.3) is 0 Å². The zero-order valence-corrected chi connectivity index (χ0v) is 15.9. The lowest BCUT2D eigenvalue weighted by Crippen LogP contribution is -2.36. The maximum absolute atomic E-state index is 13.1. The van der Waals surface area contributed by atoms with E-state index in [0.29, 0.717) is 5.69 Å². The van der Waals surface area contributed by atoms with Crippen molar-refractivity contribution in [2.45, 2.75) is 6.92 Å². The number of nitrogens with zero attached hydrogens (tertiary/aromatic N) is 1. The van der Waals surface area contributed by atoms with Gasteiger partial charge in [-0.2, -0.15) is 0 Å².